The summed E-state index contributed by atoms with van der Waals surface area (Å²) in [5, 5.41) is 3.07. The van der Waals surface area contributed by atoms with Gasteiger partial charge in [0.15, 0.2) is 5.96 Å². The minimum Gasteiger partial charge on any atom is -0.457 e. The van der Waals surface area contributed by atoms with Crippen LogP contribution in [0.25, 0.3) is 0 Å². The number of para-hydroxylation sites is 1. The first-order valence-electron chi connectivity index (χ1n) is 7.75. The Morgan fingerprint density at radius 1 is 1.09 bits per heavy atom. The Morgan fingerprint density at radius 3 is 2.65 bits per heavy atom. The molecule has 0 atom stereocenters. The number of aliphatic imine (C=N–C) groups is 1. The number of nitrogens with one attached hydrogen (secondary N) is 1. The summed E-state index contributed by atoms with van der Waals surface area (Å²) < 4.78 is 11.0. The molecule has 0 aliphatic rings. The summed E-state index contributed by atoms with van der Waals surface area (Å²) in [4.78, 5) is 4.27. The van der Waals surface area contributed by atoms with Gasteiger partial charge in [0.2, 0.25) is 0 Å². The van der Waals surface area contributed by atoms with Crippen molar-refractivity contribution in [3.8, 4) is 11.5 Å². The van der Waals surface area contributed by atoms with Crippen LogP contribution in [-0.4, -0.2) is 25.7 Å². The standard InChI is InChI=1S/C18H23N3O2/c1-2-22-13-7-12-20-18(19)21-15-8-6-11-17(14-15)23-16-9-4-3-5-10-16/h3-6,8-11,14H,2,7,12-13H2,1H3,(H3,19,20,21). The Bertz CT molecular complexity index is 615. The largest absolute Gasteiger partial charge is 0.457 e. The summed E-state index contributed by atoms with van der Waals surface area (Å²) >= 11 is 0. The Hall–Kier alpha value is -2.53. The van der Waals surface area contributed by atoms with Crippen LogP contribution in [0.4, 0.5) is 5.69 Å². The summed E-state index contributed by atoms with van der Waals surface area (Å²) in [6.45, 7) is 4.04. The van der Waals surface area contributed by atoms with Crippen molar-refractivity contribution in [2.45, 2.75) is 13.3 Å². The van der Waals surface area contributed by atoms with Crippen molar-refractivity contribution in [3.63, 3.8) is 0 Å². The number of anilines is 1. The molecule has 0 fully saturated rings. The van der Waals surface area contributed by atoms with E-state index in [-0.39, 0.29) is 0 Å². The molecular formula is C18H23N3O2. The third-order valence-electron chi connectivity index (χ3n) is 3.02. The molecule has 2 aromatic carbocycles. The summed E-state index contributed by atoms with van der Waals surface area (Å²) in [5.41, 5.74) is 6.72. The molecule has 0 saturated carbocycles. The van der Waals surface area contributed by atoms with E-state index in [4.69, 9.17) is 15.2 Å². The van der Waals surface area contributed by atoms with Gasteiger partial charge in [-0.15, -0.1) is 0 Å². The average Bonchev–Trinajstić information content (AvgIpc) is 2.56. The van der Waals surface area contributed by atoms with Gasteiger partial charge >= 0.3 is 0 Å². The number of nitrogens with two attached hydrogens (primary N) is 1. The maximum atomic E-state index is 5.88. The first-order chi connectivity index (χ1) is 11.3. The number of guanidine groups is 1. The highest BCUT2D eigenvalue weighted by Gasteiger charge is 2.00. The lowest BCUT2D eigenvalue weighted by molar-refractivity contribution is 0.146. The second-order valence-electron chi connectivity index (χ2n) is 4.89. The van der Waals surface area contributed by atoms with Gasteiger partial charge in [0.05, 0.1) is 0 Å². The summed E-state index contributed by atoms with van der Waals surface area (Å²) in [6.07, 6.45) is 0.855. The number of hydrogen-bond acceptors (Lipinski definition) is 3. The average molecular weight is 313 g/mol. The first-order valence-corrected chi connectivity index (χ1v) is 7.75. The normalized spacial score (nSPS) is 11.3. The molecule has 2 rings (SSSR count). The van der Waals surface area contributed by atoms with Crippen LogP contribution in [-0.2, 0) is 4.74 Å². The van der Waals surface area contributed by atoms with Crippen LogP contribution in [0.2, 0.25) is 0 Å². The number of hydrogen-bond donors (Lipinski definition) is 2. The van der Waals surface area contributed by atoms with Gasteiger partial charge in [-0.1, -0.05) is 24.3 Å². The zero-order chi connectivity index (χ0) is 16.3. The molecule has 0 aliphatic heterocycles. The van der Waals surface area contributed by atoms with Crippen molar-refractivity contribution in [3.05, 3.63) is 54.6 Å². The predicted octanol–water partition coefficient (Wildman–Crippen LogP) is 3.63. The fraction of sp³-hybridized carbons (Fsp3) is 0.278. The van der Waals surface area contributed by atoms with Crippen LogP contribution < -0.4 is 15.8 Å². The van der Waals surface area contributed by atoms with Gasteiger partial charge in [-0.05, 0) is 37.6 Å². The van der Waals surface area contributed by atoms with Crippen LogP contribution in [0, 0.1) is 0 Å². The van der Waals surface area contributed by atoms with Crippen molar-refractivity contribution < 1.29 is 9.47 Å². The number of rotatable bonds is 8. The van der Waals surface area contributed by atoms with Crippen molar-refractivity contribution in [2.24, 2.45) is 10.7 Å². The van der Waals surface area contributed by atoms with Crippen LogP contribution in [0.1, 0.15) is 13.3 Å². The molecule has 0 bridgehead atoms. The van der Waals surface area contributed by atoms with Crippen molar-refractivity contribution in [2.75, 3.05) is 25.1 Å². The molecule has 2 aromatic rings. The Balaban J connectivity index is 1.88. The van der Waals surface area contributed by atoms with Crippen LogP contribution in [0.3, 0.4) is 0 Å². The topological polar surface area (TPSA) is 68.9 Å². The molecule has 23 heavy (non-hydrogen) atoms. The highest BCUT2D eigenvalue weighted by Crippen LogP contribution is 2.23. The SMILES string of the molecule is CCOCCCN=C(N)Nc1cccc(Oc2ccccc2)c1. The van der Waals surface area contributed by atoms with E-state index in [1.54, 1.807) is 0 Å². The van der Waals surface area contributed by atoms with Crippen LogP contribution in [0.5, 0.6) is 11.5 Å². The maximum Gasteiger partial charge on any atom is 0.193 e. The van der Waals surface area contributed by atoms with Gasteiger partial charge in [0.25, 0.3) is 0 Å². The Morgan fingerprint density at radius 2 is 1.87 bits per heavy atom. The van der Waals surface area contributed by atoms with Gasteiger partial charge in [-0.3, -0.25) is 4.99 Å². The van der Waals surface area contributed by atoms with E-state index in [1.807, 2.05) is 61.5 Å². The Kier molecular flexibility index (Phi) is 6.94. The fourth-order valence-corrected chi connectivity index (χ4v) is 1.96. The quantitative estimate of drug-likeness (QED) is 0.443. The van der Waals surface area contributed by atoms with Gasteiger partial charge in [0, 0.05) is 31.5 Å². The molecule has 5 nitrogen and oxygen atoms in total. The number of benzene rings is 2. The van der Waals surface area contributed by atoms with E-state index in [0.29, 0.717) is 19.1 Å². The minimum atomic E-state index is 0.387. The second kappa shape index (κ2) is 9.48. The lowest BCUT2D eigenvalue weighted by Gasteiger charge is -2.09. The molecule has 0 amide bonds. The van der Waals surface area contributed by atoms with Gasteiger partial charge in [0.1, 0.15) is 11.5 Å². The highest BCUT2D eigenvalue weighted by molar-refractivity contribution is 5.92. The first kappa shape index (κ1) is 16.8. The summed E-state index contributed by atoms with van der Waals surface area (Å²) in [6, 6.07) is 17.2. The molecular weight excluding hydrogens is 290 g/mol. The van der Waals surface area contributed by atoms with Crippen LogP contribution in [0.15, 0.2) is 59.6 Å². The van der Waals surface area contributed by atoms with Crippen molar-refractivity contribution in [1.29, 1.82) is 0 Å². The van der Waals surface area contributed by atoms with Crippen LogP contribution >= 0.6 is 0 Å². The van der Waals surface area contributed by atoms with E-state index in [2.05, 4.69) is 10.3 Å². The number of ether oxygens (including phenoxy) is 2. The zero-order valence-corrected chi connectivity index (χ0v) is 13.4. The molecule has 0 saturated heterocycles. The van der Waals surface area contributed by atoms with E-state index in [9.17, 15) is 0 Å². The summed E-state index contributed by atoms with van der Waals surface area (Å²) in [7, 11) is 0. The molecule has 0 aromatic heterocycles. The third-order valence-corrected chi connectivity index (χ3v) is 3.02. The third kappa shape index (κ3) is 6.40. The van der Waals surface area contributed by atoms with Crippen molar-refractivity contribution in [1.82, 2.24) is 0 Å². The van der Waals surface area contributed by atoms with E-state index in [1.165, 1.54) is 0 Å². The molecule has 0 heterocycles. The fourth-order valence-electron chi connectivity index (χ4n) is 1.96. The van der Waals surface area contributed by atoms with E-state index < -0.39 is 0 Å². The van der Waals surface area contributed by atoms with Crippen molar-refractivity contribution >= 4 is 11.6 Å². The smallest absolute Gasteiger partial charge is 0.193 e. The van der Waals surface area contributed by atoms with E-state index in [0.717, 1.165) is 30.2 Å². The monoisotopic (exact) mass is 313 g/mol. The molecule has 0 aliphatic carbocycles. The lowest BCUT2D eigenvalue weighted by Crippen LogP contribution is -2.23. The predicted molar refractivity (Wildman–Crippen MR) is 94.2 cm³/mol. The molecule has 0 spiro atoms. The molecule has 0 radical (unpaired) electrons. The number of nitrogens with zero attached hydrogens (tertiary/aromatic N) is 1. The van der Waals surface area contributed by atoms with Gasteiger partial charge in [-0.25, -0.2) is 0 Å². The van der Waals surface area contributed by atoms with Gasteiger partial charge < -0.3 is 20.5 Å². The minimum absolute atomic E-state index is 0.387. The molecule has 3 N–H and O–H groups in total. The molecule has 0 unspecified atom stereocenters. The zero-order valence-electron chi connectivity index (χ0n) is 13.4. The molecule has 5 heteroatoms. The van der Waals surface area contributed by atoms with Gasteiger partial charge in [-0.2, -0.15) is 0 Å². The maximum absolute atomic E-state index is 5.88. The van der Waals surface area contributed by atoms with E-state index >= 15 is 0 Å². The lowest BCUT2D eigenvalue weighted by atomic mass is 10.3. The Labute approximate surface area is 137 Å². The highest BCUT2D eigenvalue weighted by atomic mass is 16.5. The summed E-state index contributed by atoms with van der Waals surface area (Å²) in [5.74, 6) is 1.92. The second-order valence-corrected chi connectivity index (χ2v) is 4.89. The molecule has 122 valence electrons.